The fourth-order valence-corrected chi connectivity index (χ4v) is 6.49. The molecule has 14 heteroatoms. The van der Waals surface area contributed by atoms with Crippen molar-refractivity contribution in [2.75, 3.05) is 13.2 Å². The number of hydrogen-bond acceptors (Lipinski definition) is 9. The van der Waals surface area contributed by atoms with Crippen molar-refractivity contribution in [1.82, 2.24) is 20.4 Å². The Kier molecular flexibility index (Phi) is 8.44. The van der Waals surface area contributed by atoms with Crippen LogP contribution in [0.1, 0.15) is 42.2 Å². The second kappa shape index (κ2) is 11.7. The van der Waals surface area contributed by atoms with E-state index in [2.05, 4.69) is 10.6 Å². The topological polar surface area (TPSA) is 197 Å². The highest BCUT2D eigenvalue weighted by molar-refractivity contribution is 8.01. The number of thioether (sulfide) groups is 1. The summed E-state index contributed by atoms with van der Waals surface area (Å²) in [7, 11) is 0. The predicted octanol–water partition coefficient (Wildman–Crippen LogP) is 1.00. The van der Waals surface area contributed by atoms with Gasteiger partial charge in [-0.15, -0.1) is 11.8 Å². The number of nitrogens with zero attached hydrogens (tertiary/aromatic N) is 2. The average molecular weight is 587 g/mol. The number of rotatable bonds is 9. The van der Waals surface area contributed by atoms with Crippen molar-refractivity contribution in [1.29, 1.82) is 0 Å². The zero-order valence-electron chi connectivity index (χ0n) is 22.2. The van der Waals surface area contributed by atoms with Gasteiger partial charge in [0.15, 0.2) is 11.5 Å². The minimum Gasteiger partial charge on any atom is -0.504 e. The molecular weight excluding hydrogens is 556 g/mol. The fourth-order valence-electron chi connectivity index (χ4n) is 4.87. The number of imide groups is 1. The van der Waals surface area contributed by atoms with Gasteiger partial charge in [0.1, 0.15) is 23.5 Å². The summed E-state index contributed by atoms with van der Waals surface area (Å²) in [5, 5.41) is 42.9. The van der Waals surface area contributed by atoms with Gasteiger partial charge in [-0.2, -0.15) is 0 Å². The van der Waals surface area contributed by atoms with Gasteiger partial charge < -0.3 is 36.0 Å². The zero-order valence-corrected chi connectivity index (χ0v) is 23.0. The molecule has 4 atom stereocenters. The first-order valence-corrected chi connectivity index (χ1v) is 13.6. The van der Waals surface area contributed by atoms with Gasteiger partial charge in [-0.25, -0.2) is 9.59 Å². The Morgan fingerprint density at radius 3 is 2.37 bits per heavy atom. The van der Waals surface area contributed by atoms with Gasteiger partial charge in [-0.3, -0.25) is 19.3 Å². The fraction of sp³-hybridized carbons (Fsp3) is 0.370. The summed E-state index contributed by atoms with van der Waals surface area (Å²) in [5.74, 6) is -4.34. The second-order valence-corrected chi connectivity index (χ2v) is 11.9. The van der Waals surface area contributed by atoms with E-state index < -0.39 is 69.5 Å². The number of fused-ring (bicyclic) bond motifs is 1. The van der Waals surface area contributed by atoms with Gasteiger partial charge in [-0.1, -0.05) is 30.3 Å². The minimum absolute atomic E-state index is 0.0251. The number of aliphatic hydroxyl groups excluding tert-OH is 1. The van der Waals surface area contributed by atoms with Crippen LogP contribution in [0.2, 0.25) is 0 Å². The molecule has 0 aromatic heterocycles. The number of nitrogens with one attached hydrogen (secondary N) is 2. The molecule has 0 bridgehead atoms. The number of benzene rings is 2. The highest BCUT2D eigenvalue weighted by Gasteiger charge is 2.64. The summed E-state index contributed by atoms with van der Waals surface area (Å²) in [6.07, 6.45) is 0.0251. The molecule has 2 fully saturated rings. The van der Waals surface area contributed by atoms with E-state index in [0.717, 1.165) is 17.0 Å². The van der Waals surface area contributed by atoms with E-state index in [1.165, 1.54) is 22.7 Å². The molecule has 41 heavy (non-hydrogen) atoms. The van der Waals surface area contributed by atoms with Crippen molar-refractivity contribution in [2.24, 2.45) is 0 Å². The quantitative estimate of drug-likeness (QED) is 0.182. The standard InChI is InChI=1S/C27H30N4O9S/c1-27(2)20(25(38)39)31-23(37)19(24(31)41-27)28-21(35)18(14-7-4-3-5-8-14)29-26(40)30(11-6-12-32)22(36)15-9-10-16(33)17(34)13-15/h3-5,7-10,13,18-20,24,32-34H,6,11-12H2,1-2H3,(H,28,35)(H,29,40)(H,38,39). The summed E-state index contributed by atoms with van der Waals surface area (Å²) in [6, 6.07) is 6.98. The zero-order chi connectivity index (χ0) is 30.1. The Morgan fingerprint density at radius 2 is 1.76 bits per heavy atom. The average Bonchev–Trinajstić information content (AvgIpc) is 3.20. The third-order valence-corrected chi connectivity index (χ3v) is 8.46. The number of β-lactam (4-membered cyclic amide) rings is 1. The molecule has 13 nitrogen and oxygen atoms in total. The van der Waals surface area contributed by atoms with Crippen LogP contribution in [-0.4, -0.2) is 95.3 Å². The van der Waals surface area contributed by atoms with Crippen LogP contribution in [0.25, 0.3) is 0 Å². The van der Waals surface area contributed by atoms with E-state index in [0.29, 0.717) is 5.56 Å². The van der Waals surface area contributed by atoms with Crippen molar-refractivity contribution < 1.29 is 44.4 Å². The second-order valence-electron chi connectivity index (χ2n) is 10.1. The number of aromatic hydroxyl groups is 2. The van der Waals surface area contributed by atoms with Gasteiger partial charge in [0.2, 0.25) is 11.8 Å². The molecule has 0 aliphatic carbocycles. The van der Waals surface area contributed by atoms with Gasteiger partial charge in [-0.05, 0) is 44.0 Å². The van der Waals surface area contributed by atoms with Crippen LogP contribution >= 0.6 is 11.8 Å². The molecule has 2 saturated heterocycles. The SMILES string of the molecule is CC1(C)SC2C(NC(=O)C(NC(=O)N(CCCO)C(=O)c3ccc(O)c(O)c3)c3ccccc3)C(=O)N2C1C(=O)O. The normalized spacial score (nSPS) is 21.3. The molecule has 2 aromatic rings. The number of hydrogen-bond donors (Lipinski definition) is 6. The van der Waals surface area contributed by atoms with Crippen molar-refractivity contribution in [3.05, 3.63) is 59.7 Å². The lowest BCUT2D eigenvalue weighted by molar-refractivity contribution is -0.161. The molecule has 0 saturated carbocycles. The number of amides is 5. The van der Waals surface area contributed by atoms with Crippen LogP contribution in [-0.2, 0) is 14.4 Å². The van der Waals surface area contributed by atoms with Crippen molar-refractivity contribution in [3.8, 4) is 11.5 Å². The van der Waals surface area contributed by atoms with Gasteiger partial charge in [0, 0.05) is 23.5 Å². The highest BCUT2D eigenvalue weighted by atomic mass is 32.2. The summed E-state index contributed by atoms with van der Waals surface area (Å²) in [6.45, 7) is 2.85. The molecule has 218 valence electrons. The van der Waals surface area contributed by atoms with E-state index in [1.807, 2.05) is 0 Å². The summed E-state index contributed by atoms with van der Waals surface area (Å²) in [5.41, 5.74) is 0.227. The lowest BCUT2D eigenvalue weighted by Crippen LogP contribution is -2.71. The lowest BCUT2D eigenvalue weighted by atomic mass is 9.95. The van der Waals surface area contributed by atoms with E-state index in [9.17, 15) is 44.4 Å². The Labute approximate surface area is 239 Å². The van der Waals surface area contributed by atoms with Crippen LogP contribution in [0.3, 0.4) is 0 Å². The lowest BCUT2D eigenvalue weighted by Gasteiger charge is -2.44. The molecule has 4 rings (SSSR count). The molecular formula is C27H30N4O9S. The number of urea groups is 1. The van der Waals surface area contributed by atoms with Crippen LogP contribution in [0.15, 0.2) is 48.5 Å². The van der Waals surface area contributed by atoms with Crippen molar-refractivity contribution >= 4 is 41.5 Å². The number of aliphatic hydroxyl groups is 1. The van der Waals surface area contributed by atoms with Crippen LogP contribution in [0, 0.1) is 0 Å². The molecule has 2 aromatic carbocycles. The number of carboxylic acids is 1. The van der Waals surface area contributed by atoms with Gasteiger partial charge >= 0.3 is 12.0 Å². The Bertz CT molecular complexity index is 1370. The monoisotopic (exact) mass is 586 g/mol. The summed E-state index contributed by atoms with van der Waals surface area (Å²) < 4.78 is -0.797. The first kappa shape index (κ1) is 29.7. The molecule has 6 N–H and O–H groups in total. The Balaban J connectivity index is 1.56. The molecule has 5 amide bonds. The van der Waals surface area contributed by atoms with E-state index in [1.54, 1.807) is 44.2 Å². The van der Waals surface area contributed by atoms with Gasteiger partial charge in [0.25, 0.3) is 5.91 Å². The largest absolute Gasteiger partial charge is 0.504 e. The van der Waals surface area contributed by atoms with Gasteiger partial charge in [0.05, 0.1) is 0 Å². The maximum absolute atomic E-state index is 13.5. The molecule has 2 aliphatic heterocycles. The first-order chi connectivity index (χ1) is 19.4. The third-order valence-electron chi connectivity index (χ3n) is 6.89. The van der Waals surface area contributed by atoms with E-state index in [-0.39, 0.29) is 25.1 Å². The molecule has 0 radical (unpaired) electrons. The van der Waals surface area contributed by atoms with E-state index >= 15 is 0 Å². The van der Waals surface area contributed by atoms with Crippen molar-refractivity contribution in [2.45, 2.75) is 48.5 Å². The summed E-state index contributed by atoms with van der Waals surface area (Å²) >= 11 is 1.25. The Hall–Kier alpha value is -4.30. The van der Waals surface area contributed by atoms with Crippen LogP contribution < -0.4 is 10.6 Å². The summed E-state index contributed by atoms with van der Waals surface area (Å²) in [4.78, 5) is 66.8. The maximum Gasteiger partial charge on any atom is 0.327 e. The highest BCUT2D eigenvalue weighted by Crippen LogP contribution is 2.50. The number of carbonyl (C=O) groups excluding carboxylic acids is 4. The third kappa shape index (κ3) is 5.79. The number of aliphatic carboxylic acids is 1. The minimum atomic E-state index is -1.35. The number of carboxylic acid groups (broad SMARTS) is 1. The predicted molar refractivity (Wildman–Crippen MR) is 146 cm³/mol. The van der Waals surface area contributed by atoms with Crippen LogP contribution in [0.4, 0.5) is 4.79 Å². The van der Waals surface area contributed by atoms with Crippen molar-refractivity contribution in [3.63, 3.8) is 0 Å². The number of carbonyl (C=O) groups is 5. The Morgan fingerprint density at radius 1 is 1.07 bits per heavy atom. The van der Waals surface area contributed by atoms with Crippen LogP contribution in [0.5, 0.6) is 11.5 Å². The molecule has 0 spiro atoms. The maximum atomic E-state index is 13.5. The number of phenolic OH excluding ortho intramolecular Hbond substituents is 2. The van der Waals surface area contributed by atoms with E-state index in [4.69, 9.17) is 0 Å². The first-order valence-electron chi connectivity index (χ1n) is 12.7. The smallest absolute Gasteiger partial charge is 0.327 e. The number of phenols is 2. The molecule has 2 heterocycles. The molecule has 4 unspecified atom stereocenters. The molecule has 2 aliphatic rings.